The average Bonchev–Trinajstić information content (AvgIpc) is 3.08. The Morgan fingerprint density at radius 3 is 2.60 bits per heavy atom. The average molecular weight is 490 g/mol. The van der Waals surface area contributed by atoms with Crippen molar-refractivity contribution in [3.8, 4) is 11.5 Å². The third-order valence-corrected chi connectivity index (χ3v) is 6.68. The third-order valence-electron chi connectivity index (χ3n) is 6.31. The Morgan fingerprint density at radius 2 is 1.86 bits per heavy atom. The minimum atomic E-state index is -0.741. The molecule has 7 heteroatoms. The second-order valence-corrected chi connectivity index (χ2v) is 9.12. The summed E-state index contributed by atoms with van der Waals surface area (Å²) in [7, 11) is 0. The lowest BCUT2D eigenvalue weighted by atomic mass is 9.96. The molecule has 1 aliphatic rings. The van der Waals surface area contributed by atoms with Gasteiger partial charge in [0.1, 0.15) is 5.58 Å². The van der Waals surface area contributed by atoms with Gasteiger partial charge in [-0.1, -0.05) is 41.9 Å². The molecule has 178 valence electrons. The number of phenolic OH excluding ortho intramolecular Hbond substituents is 1. The summed E-state index contributed by atoms with van der Waals surface area (Å²) in [5.41, 5.74) is 3.51. The molecule has 6 nitrogen and oxygen atoms in total. The summed E-state index contributed by atoms with van der Waals surface area (Å²) in [5, 5.41) is 11.2. The van der Waals surface area contributed by atoms with Crippen LogP contribution in [-0.2, 0) is 6.54 Å². The van der Waals surface area contributed by atoms with Crippen LogP contribution in [0.1, 0.15) is 51.3 Å². The van der Waals surface area contributed by atoms with Crippen LogP contribution in [0.15, 0.2) is 63.8 Å². The molecule has 3 aromatic carbocycles. The highest BCUT2D eigenvalue weighted by molar-refractivity contribution is 6.31. The standard InChI is InChI=1S/C28H24ClNO5/c1-4-34-21-13-17(9-10-20(21)31)25-24-26(32)23-16(3)11-15(2)12-22(23)35-27(24)28(33)30(25)14-18-7-5-6-8-19(18)29/h5-13,25,31H,4,14H2,1-3H3. The quantitative estimate of drug-likeness (QED) is 0.377. The molecule has 2 heterocycles. The van der Waals surface area contributed by atoms with E-state index in [4.69, 9.17) is 20.8 Å². The molecule has 4 aromatic rings. The molecule has 0 spiro atoms. The van der Waals surface area contributed by atoms with E-state index < -0.39 is 11.9 Å². The van der Waals surface area contributed by atoms with Crippen molar-refractivity contribution in [1.82, 2.24) is 4.90 Å². The highest BCUT2D eigenvalue weighted by atomic mass is 35.5. The van der Waals surface area contributed by atoms with E-state index in [1.165, 1.54) is 6.07 Å². The number of ether oxygens (including phenoxy) is 1. The lowest BCUT2D eigenvalue weighted by Gasteiger charge is -2.26. The minimum Gasteiger partial charge on any atom is -0.504 e. The van der Waals surface area contributed by atoms with Crippen molar-refractivity contribution in [3.63, 3.8) is 0 Å². The fourth-order valence-electron chi connectivity index (χ4n) is 4.81. The molecule has 5 rings (SSSR count). The van der Waals surface area contributed by atoms with Crippen molar-refractivity contribution in [2.24, 2.45) is 0 Å². The van der Waals surface area contributed by atoms with Crippen molar-refractivity contribution in [1.29, 1.82) is 0 Å². The van der Waals surface area contributed by atoms with E-state index in [1.54, 1.807) is 29.2 Å². The zero-order valence-corrected chi connectivity index (χ0v) is 20.3. The summed E-state index contributed by atoms with van der Waals surface area (Å²) >= 11 is 6.42. The fourth-order valence-corrected chi connectivity index (χ4v) is 5.00. The fraction of sp³-hybridized carbons (Fsp3) is 0.214. The first kappa shape index (κ1) is 23.0. The van der Waals surface area contributed by atoms with E-state index in [2.05, 4.69) is 0 Å². The minimum absolute atomic E-state index is 0.0188. The van der Waals surface area contributed by atoms with Gasteiger partial charge in [0.2, 0.25) is 5.76 Å². The van der Waals surface area contributed by atoms with Gasteiger partial charge in [0.25, 0.3) is 5.91 Å². The van der Waals surface area contributed by atoms with Gasteiger partial charge in [0, 0.05) is 11.6 Å². The molecule has 0 bridgehead atoms. The van der Waals surface area contributed by atoms with Crippen LogP contribution in [-0.4, -0.2) is 22.5 Å². The lowest BCUT2D eigenvalue weighted by Crippen LogP contribution is -2.29. The van der Waals surface area contributed by atoms with Crippen molar-refractivity contribution in [2.75, 3.05) is 6.61 Å². The summed E-state index contributed by atoms with van der Waals surface area (Å²) in [5.74, 6) is -0.111. The van der Waals surface area contributed by atoms with Crippen molar-refractivity contribution in [2.45, 2.75) is 33.4 Å². The number of fused-ring (bicyclic) bond motifs is 2. The SMILES string of the molecule is CCOc1cc(C2c3c(oc4cc(C)cc(C)c4c3=O)C(=O)N2Cc2ccccc2Cl)ccc1O. The number of benzene rings is 3. The summed E-state index contributed by atoms with van der Waals surface area (Å²) in [6.45, 7) is 6.12. The zero-order valence-electron chi connectivity index (χ0n) is 19.6. The van der Waals surface area contributed by atoms with E-state index in [0.717, 1.165) is 16.7 Å². The normalized spacial score (nSPS) is 15.0. The van der Waals surface area contributed by atoms with Gasteiger partial charge in [-0.15, -0.1) is 0 Å². The maximum Gasteiger partial charge on any atom is 0.291 e. The summed E-state index contributed by atoms with van der Waals surface area (Å²) in [4.78, 5) is 29.2. The van der Waals surface area contributed by atoms with Gasteiger partial charge in [-0.2, -0.15) is 0 Å². The third kappa shape index (κ3) is 3.84. The highest BCUT2D eigenvalue weighted by Crippen LogP contribution is 2.42. The monoisotopic (exact) mass is 489 g/mol. The maximum atomic E-state index is 13.9. The Balaban J connectivity index is 1.76. The summed E-state index contributed by atoms with van der Waals surface area (Å²) < 4.78 is 11.7. The Hall–Kier alpha value is -3.77. The van der Waals surface area contributed by atoms with Crippen molar-refractivity contribution < 1.29 is 19.1 Å². The van der Waals surface area contributed by atoms with Crippen LogP contribution in [0.3, 0.4) is 0 Å². The Morgan fingerprint density at radius 1 is 1.09 bits per heavy atom. The van der Waals surface area contributed by atoms with Crippen LogP contribution in [0.5, 0.6) is 11.5 Å². The number of aryl methyl sites for hydroxylation is 2. The van der Waals surface area contributed by atoms with Crippen LogP contribution in [0.2, 0.25) is 5.02 Å². The Bertz CT molecular complexity index is 1540. The molecule has 0 aliphatic carbocycles. The predicted molar refractivity (Wildman–Crippen MR) is 134 cm³/mol. The number of aromatic hydroxyl groups is 1. The van der Waals surface area contributed by atoms with Gasteiger partial charge in [-0.05, 0) is 67.3 Å². The molecule has 1 amide bonds. The number of hydrogen-bond donors (Lipinski definition) is 1. The smallest absolute Gasteiger partial charge is 0.291 e. The molecule has 35 heavy (non-hydrogen) atoms. The first-order valence-electron chi connectivity index (χ1n) is 11.4. The number of carbonyl (C=O) groups is 1. The first-order valence-corrected chi connectivity index (χ1v) is 11.8. The Labute approximate surface area is 207 Å². The number of hydrogen-bond acceptors (Lipinski definition) is 5. The molecule has 0 saturated heterocycles. The molecular weight excluding hydrogens is 466 g/mol. The first-order chi connectivity index (χ1) is 16.8. The molecule has 1 unspecified atom stereocenters. The second-order valence-electron chi connectivity index (χ2n) is 8.72. The van der Waals surface area contributed by atoms with Crippen molar-refractivity contribution >= 4 is 28.5 Å². The number of rotatable bonds is 5. The number of amides is 1. The number of halogens is 1. The molecule has 1 aromatic heterocycles. The second kappa shape index (κ2) is 8.78. The molecule has 1 aliphatic heterocycles. The van der Waals surface area contributed by atoms with E-state index >= 15 is 0 Å². The molecule has 1 atom stereocenters. The van der Waals surface area contributed by atoms with Crippen molar-refractivity contribution in [3.05, 3.63) is 103 Å². The van der Waals surface area contributed by atoms with Gasteiger partial charge >= 0.3 is 0 Å². The Kier molecular flexibility index (Phi) is 5.77. The molecule has 0 radical (unpaired) electrons. The summed E-state index contributed by atoms with van der Waals surface area (Å²) in [6.07, 6.45) is 0. The van der Waals surface area contributed by atoms with Crippen LogP contribution >= 0.6 is 11.6 Å². The molecular formula is C28H24ClNO5. The number of nitrogens with zero attached hydrogens (tertiary/aromatic N) is 1. The molecule has 1 N–H and O–H groups in total. The van der Waals surface area contributed by atoms with Crippen LogP contribution in [0.4, 0.5) is 0 Å². The van der Waals surface area contributed by atoms with Crippen LogP contribution in [0.25, 0.3) is 11.0 Å². The number of phenols is 1. The van der Waals surface area contributed by atoms with Gasteiger partial charge in [0.05, 0.1) is 23.6 Å². The highest BCUT2D eigenvalue weighted by Gasteiger charge is 2.43. The van der Waals surface area contributed by atoms with Gasteiger partial charge < -0.3 is 19.2 Å². The van der Waals surface area contributed by atoms with Crippen LogP contribution < -0.4 is 10.2 Å². The largest absolute Gasteiger partial charge is 0.504 e. The van der Waals surface area contributed by atoms with E-state index in [-0.39, 0.29) is 34.8 Å². The van der Waals surface area contributed by atoms with Gasteiger partial charge in [-0.3, -0.25) is 9.59 Å². The zero-order chi connectivity index (χ0) is 24.9. The van der Waals surface area contributed by atoms with E-state index in [9.17, 15) is 14.7 Å². The lowest BCUT2D eigenvalue weighted by molar-refractivity contribution is 0.0714. The topological polar surface area (TPSA) is 80.0 Å². The van der Waals surface area contributed by atoms with Gasteiger partial charge in [0.15, 0.2) is 16.9 Å². The molecule has 0 saturated carbocycles. The van der Waals surface area contributed by atoms with E-state index in [1.807, 2.05) is 45.0 Å². The molecule has 0 fully saturated rings. The van der Waals surface area contributed by atoms with Crippen LogP contribution in [0, 0.1) is 13.8 Å². The summed E-state index contributed by atoms with van der Waals surface area (Å²) in [6, 6.07) is 15.1. The maximum absolute atomic E-state index is 13.9. The van der Waals surface area contributed by atoms with Gasteiger partial charge in [-0.25, -0.2) is 0 Å². The number of carbonyl (C=O) groups excluding carboxylic acids is 1. The predicted octanol–water partition coefficient (Wildman–Crippen LogP) is 5.91. The van der Waals surface area contributed by atoms with E-state index in [0.29, 0.717) is 28.2 Å².